The van der Waals surface area contributed by atoms with Crippen LogP contribution in [0.15, 0.2) is 0 Å². The number of nitrogens with two attached hydrogens (primary N) is 1. The minimum Gasteiger partial charge on any atom is -0.480 e. The molecule has 2 aliphatic rings. The van der Waals surface area contributed by atoms with Crippen molar-refractivity contribution in [1.82, 2.24) is 5.32 Å². The lowest BCUT2D eigenvalue weighted by molar-refractivity contribution is -0.144. The van der Waals surface area contributed by atoms with Crippen LogP contribution in [0, 0.1) is 11.8 Å². The van der Waals surface area contributed by atoms with E-state index in [0.29, 0.717) is 0 Å². The van der Waals surface area contributed by atoms with Crippen LogP contribution in [0.2, 0.25) is 0 Å². The fraction of sp³-hybridized carbons (Fsp3) is 0.857. The van der Waals surface area contributed by atoms with Gasteiger partial charge in [-0.15, -0.1) is 0 Å². The predicted molar refractivity (Wildman–Crippen MR) is 71.5 cm³/mol. The molecule has 5 nitrogen and oxygen atoms in total. The van der Waals surface area contributed by atoms with Gasteiger partial charge in [-0.3, -0.25) is 4.79 Å². The molecule has 0 aromatic heterocycles. The Labute approximate surface area is 113 Å². The molecule has 2 aliphatic carbocycles. The van der Waals surface area contributed by atoms with Crippen LogP contribution in [0.1, 0.15) is 51.9 Å². The van der Waals surface area contributed by atoms with Crippen LogP contribution >= 0.6 is 0 Å². The van der Waals surface area contributed by atoms with E-state index in [-0.39, 0.29) is 17.7 Å². The second-order valence-corrected chi connectivity index (χ2v) is 6.24. The first-order chi connectivity index (χ1) is 8.93. The first-order valence-corrected chi connectivity index (χ1v) is 7.25. The Kier molecular flexibility index (Phi) is 4.13. The minimum absolute atomic E-state index is 0.0465. The van der Waals surface area contributed by atoms with Gasteiger partial charge in [0, 0.05) is 0 Å². The molecule has 1 amide bonds. The second kappa shape index (κ2) is 5.49. The topological polar surface area (TPSA) is 92.4 Å². The third-order valence-corrected chi connectivity index (χ3v) is 4.59. The van der Waals surface area contributed by atoms with Crippen molar-refractivity contribution in [3.05, 3.63) is 0 Å². The lowest BCUT2D eigenvalue weighted by atomic mass is 9.83. The van der Waals surface area contributed by atoms with Crippen LogP contribution in [0.3, 0.4) is 0 Å². The van der Waals surface area contributed by atoms with Gasteiger partial charge in [0.15, 0.2) is 0 Å². The Hall–Kier alpha value is -1.10. The van der Waals surface area contributed by atoms with Crippen molar-refractivity contribution in [2.45, 2.75) is 63.5 Å². The zero-order valence-corrected chi connectivity index (χ0v) is 11.5. The van der Waals surface area contributed by atoms with E-state index >= 15 is 0 Å². The third-order valence-electron chi connectivity index (χ3n) is 4.59. The Bertz CT molecular complexity index is 358. The first-order valence-electron chi connectivity index (χ1n) is 7.25. The van der Waals surface area contributed by atoms with E-state index in [1.165, 1.54) is 0 Å². The Morgan fingerprint density at radius 2 is 1.79 bits per heavy atom. The SMILES string of the molecule is CC(N)(C(=O)NC(C(=O)O)C1CCCCC1)C1CC1. The Morgan fingerprint density at radius 3 is 2.26 bits per heavy atom. The normalized spacial score (nSPS) is 25.4. The highest BCUT2D eigenvalue weighted by molar-refractivity contribution is 5.90. The maximum absolute atomic E-state index is 12.2. The van der Waals surface area contributed by atoms with Gasteiger partial charge in [-0.1, -0.05) is 19.3 Å². The Morgan fingerprint density at radius 1 is 1.21 bits per heavy atom. The number of amides is 1. The van der Waals surface area contributed by atoms with E-state index in [1.807, 2.05) is 0 Å². The fourth-order valence-electron chi connectivity index (χ4n) is 3.01. The number of aliphatic carboxylic acids is 1. The summed E-state index contributed by atoms with van der Waals surface area (Å²) in [4.78, 5) is 23.6. The fourth-order valence-corrected chi connectivity index (χ4v) is 3.01. The summed E-state index contributed by atoms with van der Waals surface area (Å²) in [6.45, 7) is 1.71. The molecule has 2 unspecified atom stereocenters. The van der Waals surface area contributed by atoms with Gasteiger partial charge in [0.25, 0.3) is 0 Å². The van der Waals surface area contributed by atoms with E-state index in [4.69, 9.17) is 5.73 Å². The minimum atomic E-state index is -0.938. The Balaban J connectivity index is 1.99. The van der Waals surface area contributed by atoms with E-state index in [0.717, 1.165) is 44.9 Å². The number of carbonyl (C=O) groups excluding carboxylic acids is 1. The van der Waals surface area contributed by atoms with Crippen LogP contribution in [0.25, 0.3) is 0 Å². The van der Waals surface area contributed by atoms with Crippen LogP contribution in [-0.4, -0.2) is 28.6 Å². The summed E-state index contributed by atoms with van der Waals surface area (Å²) >= 11 is 0. The lowest BCUT2D eigenvalue weighted by Gasteiger charge is -2.31. The van der Waals surface area contributed by atoms with Gasteiger partial charge in [-0.25, -0.2) is 4.79 Å². The van der Waals surface area contributed by atoms with Crippen molar-refractivity contribution in [3.8, 4) is 0 Å². The molecule has 0 radical (unpaired) electrons. The summed E-state index contributed by atoms with van der Waals surface area (Å²) in [6, 6.07) is -0.783. The molecule has 19 heavy (non-hydrogen) atoms. The molecule has 4 N–H and O–H groups in total. The highest BCUT2D eigenvalue weighted by Crippen LogP contribution is 2.38. The van der Waals surface area contributed by atoms with Crippen molar-refractivity contribution in [1.29, 1.82) is 0 Å². The molecule has 0 heterocycles. The van der Waals surface area contributed by atoms with Gasteiger partial charge < -0.3 is 16.2 Å². The van der Waals surface area contributed by atoms with E-state index in [2.05, 4.69) is 5.32 Å². The molecule has 0 aromatic rings. The summed E-state index contributed by atoms with van der Waals surface area (Å²) in [6.07, 6.45) is 6.93. The number of hydrogen-bond donors (Lipinski definition) is 3. The molecule has 2 fully saturated rings. The lowest BCUT2D eigenvalue weighted by Crippen LogP contribution is -2.58. The average Bonchev–Trinajstić information content (AvgIpc) is 3.20. The summed E-state index contributed by atoms with van der Waals surface area (Å²) in [7, 11) is 0. The highest BCUT2D eigenvalue weighted by Gasteiger charge is 2.45. The van der Waals surface area contributed by atoms with Crippen LogP contribution in [-0.2, 0) is 9.59 Å². The van der Waals surface area contributed by atoms with Gasteiger partial charge in [0.1, 0.15) is 6.04 Å². The molecular weight excluding hydrogens is 244 g/mol. The van der Waals surface area contributed by atoms with Crippen molar-refractivity contribution in [2.24, 2.45) is 17.6 Å². The summed E-state index contributed by atoms with van der Waals surface area (Å²) in [5, 5.41) is 12.0. The zero-order chi connectivity index (χ0) is 14.0. The molecule has 2 rings (SSSR count). The summed E-state index contributed by atoms with van der Waals surface area (Å²) in [5.74, 6) is -1.00. The number of carboxylic acids is 1. The van der Waals surface area contributed by atoms with E-state index < -0.39 is 17.6 Å². The third kappa shape index (κ3) is 3.26. The van der Waals surface area contributed by atoms with Crippen LogP contribution in [0.4, 0.5) is 0 Å². The standard InChI is InChI=1S/C14H24N2O3/c1-14(15,10-7-8-10)13(19)16-11(12(17)18)9-5-3-2-4-6-9/h9-11H,2-8,15H2,1H3,(H,16,19)(H,17,18). The molecule has 0 aliphatic heterocycles. The maximum Gasteiger partial charge on any atom is 0.326 e. The largest absolute Gasteiger partial charge is 0.480 e. The molecule has 0 bridgehead atoms. The number of carboxylic acid groups (broad SMARTS) is 1. The van der Waals surface area contributed by atoms with Crippen molar-refractivity contribution in [3.63, 3.8) is 0 Å². The van der Waals surface area contributed by atoms with Gasteiger partial charge in [0.05, 0.1) is 5.54 Å². The van der Waals surface area contributed by atoms with Gasteiger partial charge in [-0.2, -0.15) is 0 Å². The predicted octanol–water partition coefficient (Wildman–Crippen LogP) is 1.26. The van der Waals surface area contributed by atoms with Crippen molar-refractivity contribution >= 4 is 11.9 Å². The summed E-state index contributed by atoms with van der Waals surface area (Å²) in [5.41, 5.74) is 5.11. The summed E-state index contributed by atoms with van der Waals surface area (Å²) < 4.78 is 0. The van der Waals surface area contributed by atoms with Gasteiger partial charge >= 0.3 is 5.97 Å². The number of nitrogens with one attached hydrogen (secondary N) is 1. The molecule has 108 valence electrons. The molecule has 2 saturated carbocycles. The molecule has 2 atom stereocenters. The highest BCUT2D eigenvalue weighted by atomic mass is 16.4. The van der Waals surface area contributed by atoms with E-state index in [1.54, 1.807) is 6.92 Å². The number of hydrogen-bond acceptors (Lipinski definition) is 3. The first kappa shape index (κ1) is 14.3. The zero-order valence-electron chi connectivity index (χ0n) is 11.5. The molecule has 5 heteroatoms. The van der Waals surface area contributed by atoms with Gasteiger partial charge in [0.2, 0.25) is 5.91 Å². The maximum atomic E-state index is 12.2. The molecule has 0 saturated heterocycles. The van der Waals surface area contributed by atoms with Crippen molar-refractivity contribution in [2.75, 3.05) is 0 Å². The number of carbonyl (C=O) groups is 2. The monoisotopic (exact) mass is 268 g/mol. The van der Waals surface area contributed by atoms with Crippen molar-refractivity contribution < 1.29 is 14.7 Å². The average molecular weight is 268 g/mol. The van der Waals surface area contributed by atoms with Crippen LogP contribution < -0.4 is 11.1 Å². The van der Waals surface area contributed by atoms with Gasteiger partial charge in [-0.05, 0) is 44.4 Å². The quantitative estimate of drug-likeness (QED) is 0.700. The van der Waals surface area contributed by atoms with E-state index in [9.17, 15) is 14.7 Å². The molecule has 0 aromatic carbocycles. The smallest absolute Gasteiger partial charge is 0.326 e. The molecular formula is C14H24N2O3. The molecule has 0 spiro atoms. The van der Waals surface area contributed by atoms with Crippen LogP contribution in [0.5, 0.6) is 0 Å². The number of rotatable bonds is 5. The second-order valence-electron chi connectivity index (χ2n) is 6.24.